The van der Waals surface area contributed by atoms with Crippen LogP contribution in [0.25, 0.3) is 0 Å². The number of nitrogens with zero attached hydrogens (tertiary/aromatic N) is 3. The predicted octanol–water partition coefficient (Wildman–Crippen LogP) is 2.29. The zero-order valence-corrected chi connectivity index (χ0v) is 10.00. The minimum absolute atomic E-state index is 0.716. The molecule has 4 nitrogen and oxygen atoms in total. The fourth-order valence-corrected chi connectivity index (χ4v) is 2.16. The maximum absolute atomic E-state index is 4.43. The minimum atomic E-state index is 0.716. The van der Waals surface area contributed by atoms with Gasteiger partial charge < -0.3 is 9.88 Å². The number of aryl methyl sites for hydroxylation is 1. The van der Waals surface area contributed by atoms with E-state index in [1.165, 1.54) is 0 Å². The standard InChI is InChI=1S/C11H14N4S/c1-3-4-12-11-13-5-6-15(11)7-10-14-9(2)8-16-10/h3,5-6,8H,1,4,7H2,2H3,(H,12,13). The summed E-state index contributed by atoms with van der Waals surface area (Å²) in [4.78, 5) is 8.67. The van der Waals surface area contributed by atoms with E-state index >= 15 is 0 Å². The van der Waals surface area contributed by atoms with Crippen LogP contribution in [0, 0.1) is 6.92 Å². The van der Waals surface area contributed by atoms with E-state index in [1.807, 2.05) is 23.8 Å². The number of anilines is 1. The molecule has 0 saturated carbocycles. The van der Waals surface area contributed by atoms with Gasteiger partial charge >= 0.3 is 0 Å². The van der Waals surface area contributed by atoms with Crippen molar-refractivity contribution in [1.29, 1.82) is 0 Å². The van der Waals surface area contributed by atoms with Crippen LogP contribution in [-0.4, -0.2) is 21.1 Å². The molecule has 0 saturated heterocycles. The number of imidazole rings is 1. The second-order valence-corrected chi connectivity index (χ2v) is 4.37. The fraction of sp³-hybridized carbons (Fsp3) is 0.273. The summed E-state index contributed by atoms with van der Waals surface area (Å²) >= 11 is 1.67. The third-order valence-electron chi connectivity index (χ3n) is 2.09. The second-order valence-electron chi connectivity index (χ2n) is 3.43. The zero-order chi connectivity index (χ0) is 11.4. The first kappa shape index (κ1) is 10.9. The minimum Gasteiger partial charge on any atom is -0.352 e. The SMILES string of the molecule is C=CCNc1nccn1Cc1nc(C)cs1. The molecule has 1 N–H and O–H groups in total. The van der Waals surface area contributed by atoms with Crippen molar-refractivity contribution in [3.8, 4) is 0 Å². The quantitative estimate of drug-likeness (QED) is 0.807. The van der Waals surface area contributed by atoms with Crippen molar-refractivity contribution >= 4 is 17.3 Å². The van der Waals surface area contributed by atoms with Crippen molar-refractivity contribution in [2.45, 2.75) is 13.5 Å². The molecule has 0 bridgehead atoms. The molecule has 2 heterocycles. The summed E-state index contributed by atoms with van der Waals surface area (Å²) in [6, 6.07) is 0. The van der Waals surface area contributed by atoms with Crippen molar-refractivity contribution in [1.82, 2.24) is 14.5 Å². The van der Waals surface area contributed by atoms with Gasteiger partial charge in [0.25, 0.3) is 0 Å². The molecule has 0 aliphatic carbocycles. The van der Waals surface area contributed by atoms with Gasteiger partial charge in [-0.05, 0) is 6.92 Å². The van der Waals surface area contributed by atoms with Gasteiger partial charge in [0, 0.05) is 30.0 Å². The lowest BCUT2D eigenvalue weighted by Crippen LogP contribution is -2.07. The number of nitrogens with one attached hydrogen (secondary N) is 1. The van der Waals surface area contributed by atoms with Crippen molar-refractivity contribution in [2.24, 2.45) is 0 Å². The highest BCUT2D eigenvalue weighted by Crippen LogP contribution is 2.13. The Kier molecular flexibility index (Phi) is 3.36. The van der Waals surface area contributed by atoms with Crippen molar-refractivity contribution in [3.63, 3.8) is 0 Å². The Morgan fingerprint density at radius 2 is 2.50 bits per heavy atom. The molecule has 0 aromatic carbocycles. The third-order valence-corrected chi connectivity index (χ3v) is 3.04. The summed E-state index contributed by atoms with van der Waals surface area (Å²) in [6.45, 7) is 7.15. The van der Waals surface area contributed by atoms with Gasteiger partial charge in [0.1, 0.15) is 5.01 Å². The summed E-state index contributed by atoms with van der Waals surface area (Å²) in [6.07, 6.45) is 5.54. The average molecular weight is 234 g/mol. The average Bonchev–Trinajstić information content (AvgIpc) is 2.86. The van der Waals surface area contributed by atoms with E-state index in [-0.39, 0.29) is 0 Å². The van der Waals surface area contributed by atoms with Crippen LogP contribution < -0.4 is 5.32 Å². The second kappa shape index (κ2) is 4.94. The van der Waals surface area contributed by atoms with E-state index < -0.39 is 0 Å². The normalized spacial score (nSPS) is 10.3. The number of thiazole rings is 1. The van der Waals surface area contributed by atoms with Gasteiger partial charge in [0.2, 0.25) is 5.95 Å². The molecule has 0 aliphatic heterocycles. The number of hydrogen-bond donors (Lipinski definition) is 1. The van der Waals surface area contributed by atoms with Crippen LogP contribution in [0.15, 0.2) is 30.4 Å². The Labute approximate surface area is 98.7 Å². The molecule has 84 valence electrons. The van der Waals surface area contributed by atoms with E-state index in [1.54, 1.807) is 17.5 Å². The topological polar surface area (TPSA) is 42.7 Å². The highest BCUT2D eigenvalue weighted by molar-refractivity contribution is 7.09. The molecule has 16 heavy (non-hydrogen) atoms. The first-order valence-corrected chi connectivity index (χ1v) is 5.94. The summed E-state index contributed by atoms with van der Waals surface area (Å²) < 4.78 is 2.04. The molecule has 0 radical (unpaired) electrons. The number of rotatable bonds is 5. The summed E-state index contributed by atoms with van der Waals surface area (Å²) in [7, 11) is 0. The molecule has 2 rings (SSSR count). The maximum Gasteiger partial charge on any atom is 0.203 e. The van der Waals surface area contributed by atoms with E-state index in [2.05, 4.69) is 27.2 Å². The van der Waals surface area contributed by atoms with Crippen LogP contribution in [0.5, 0.6) is 0 Å². The van der Waals surface area contributed by atoms with Crippen molar-refractivity contribution in [2.75, 3.05) is 11.9 Å². The van der Waals surface area contributed by atoms with Crippen LogP contribution >= 0.6 is 11.3 Å². The Hall–Kier alpha value is -1.62. The van der Waals surface area contributed by atoms with E-state index in [9.17, 15) is 0 Å². The molecule has 0 spiro atoms. The van der Waals surface area contributed by atoms with Gasteiger partial charge in [-0.2, -0.15) is 0 Å². The van der Waals surface area contributed by atoms with E-state index in [0.29, 0.717) is 6.54 Å². The molecule has 0 atom stereocenters. The lowest BCUT2D eigenvalue weighted by Gasteiger charge is -2.06. The molecule has 2 aromatic heterocycles. The lowest BCUT2D eigenvalue weighted by atomic mass is 10.5. The van der Waals surface area contributed by atoms with Crippen molar-refractivity contribution in [3.05, 3.63) is 41.1 Å². The fourth-order valence-electron chi connectivity index (χ4n) is 1.39. The molecular weight excluding hydrogens is 220 g/mol. The summed E-state index contributed by atoms with van der Waals surface area (Å²) in [5, 5.41) is 6.33. The monoisotopic (exact) mass is 234 g/mol. The van der Waals surface area contributed by atoms with Crippen LogP contribution in [0.3, 0.4) is 0 Å². The van der Waals surface area contributed by atoms with Gasteiger partial charge in [-0.15, -0.1) is 17.9 Å². The van der Waals surface area contributed by atoms with Gasteiger partial charge in [-0.1, -0.05) is 6.08 Å². The summed E-state index contributed by atoms with van der Waals surface area (Å²) in [5.74, 6) is 0.854. The molecule has 2 aromatic rings. The van der Waals surface area contributed by atoms with Gasteiger partial charge in [0.05, 0.1) is 6.54 Å². The Morgan fingerprint density at radius 3 is 3.19 bits per heavy atom. The van der Waals surface area contributed by atoms with Crippen molar-refractivity contribution < 1.29 is 0 Å². The van der Waals surface area contributed by atoms with Crippen LogP contribution in [0.1, 0.15) is 10.7 Å². The first-order chi connectivity index (χ1) is 7.79. The number of hydrogen-bond acceptors (Lipinski definition) is 4. The lowest BCUT2D eigenvalue weighted by molar-refractivity contribution is 0.793. The number of aromatic nitrogens is 3. The molecule has 5 heteroatoms. The predicted molar refractivity (Wildman–Crippen MR) is 66.9 cm³/mol. The highest BCUT2D eigenvalue weighted by atomic mass is 32.1. The molecular formula is C11H14N4S. The van der Waals surface area contributed by atoms with E-state index in [4.69, 9.17) is 0 Å². The van der Waals surface area contributed by atoms with Crippen LogP contribution in [0.2, 0.25) is 0 Å². The Morgan fingerprint density at radius 1 is 1.62 bits per heavy atom. The molecule has 0 fully saturated rings. The molecule has 0 amide bonds. The van der Waals surface area contributed by atoms with Gasteiger partial charge in [0.15, 0.2) is 0 Å². The largest absolute Gasteiger partial charge is 0.352 e. The first-order valence-electron chi connectivity index (χ1n) is 5.06. The summed E-state index contributed by atoms with van der Waals surface area (Å²) in [5.41, 5.74) is 1.07. The smallest absolute Gasteiger partial charge is 0.203 e. The Balaban J connectivity index is 2.09. The van der Waals surface area contributed by atoms with E-state index in [0.717, 1.165) is 23.2 Å². The molecule has 0 aliphatic rings. The Bertz CT molecular complexity index is 472. The zero-order valence-electron chi connectivity index (χ0n) is 9.18. The highest BCUT2D eigenvalue weighted by Gasteiger charge is 2.04. The van der Waals surface area contributed by atoms with Crippen LogP contribution in [-0.2, 0) is 6.54 Å². The third kappa shape index (κ3) is 2.49. The maximum atomic E-state index is 4.43. The van der Waals surface area contributed by atoms with Crippen LogP contribution in [0.4, 0.5) is 5.95 Å². The van der Waals surface area contributed by atoms with Gasteiger partial charge in [-0.3, -0.25) is 0 Å². The van der Waals surface area contributed by atoms with Gasteiger partial charge in [-0.25, -0.2) is 9.97 Å². The molecule has 0 unspecified atom stereocenters.